The zero-order valence-corrected chi connectivity index (χ0v) is 10.2. The van der Waals surface area contributed by atoms with Gasteiger partial charge < -0.3 is 10.5 Å². The van der Waals surface area contributed by atoms with Crippen molar-refractivity contribution >= 4 is 17.2 Å². The molecule has 1 aromatic rings. The van der Waals surface area contributed by atoms with Gasteiger partial charge in [-0.1, -0.05) is 24.4 Å². The molecule has 82 valence electrons. The molecule has 0 amide bonds. The zero-order valence-electron chi connectivity index (χ0n) is 9.41. The molecule has 0 aliphatic heterocycles. The fourth-order valence-electron chi connectivity index (χ4n) is 1.38. The topological polar surface area (TPSA) is 35.2 Å². The molecule has 2 N–H and O–H groups in total. The zero-order chi connectivity index (χ0) is 11.4. The third kappa shape index (κ3) is 3.88. The van der Waals surface area contributed by atoms with Crippen LogP contribution in [0.5, 0.6) is 5.75 Å². The highest BCUT2D eigenvalue weighted by atomic mass is 32.1. The Balaban J connectivity index is 2.71. The van der Waals surface area contributed by atoms with E-state index < -0.39 is 0 Å². The second-order valence-corrected chi connectivity index (χ2v) is 4.39. The van der Waals surface area contributed by atoms with Crippen molar-refractivity contribution in [3.63, 3.8) is 0 Å². The van der Waals surface area contributed by atoms with Crippen molar-refractivity contribution in [1.82, 2.24) is 0 Å². The smallest absolute Gasteiger partial charge is 0.122 e. The van der Waals surface area contributed by atoms with Crippen molar-refractivity contribution in [3.05, 3.63) is 29.3 Å². The first kappa shape index (κ1) is 12.0. The second kappa shape index (κ2) is 5.12. The van der Waals surface area contributed by atoms with Gasteiger partial charge in [-0.05, 0) is 38.0 Å². The summed E-state index contributed by atoms with van der Waals surface area (Å²) in [4.78, 5) is 0.493. The standard InChI is InChI=1S/C12H17NOS/c1-8-4-5-9(2)11(6-8)14-10(3)7-12(13)15/h4-6,10H,7H2,1-3H3,(H2,13,15). The maximum atomic E-state index is 5.77. The SMILES string of the molecule is Cc1ccc(C)c(OC(C)CC(N)=S)c1. The van der Waals surface area contributed by atoms with Gasteiger partial charge >= 0.3 is 0 Å². The van der Waals surface area contributed by atoms with E-state index in [1.165, 1.54) is 5.56 Å². The van der Waals surface area contributed by atoms with E-state index in [-0.39, 0.29) is 6.10 Å². The van der Waals surface area contributed by atoms with Crippen molar-refractivity contribution in [2.24, 2.45) is 5.73 Å². The Hall–Kier alpha value is -1.09. The summed E-state index contributed by atoms with van der Waals surface area (Å²) in [5, 5.41) is 0. The average molecular weight is 223 g/mol. The largest absolute Gasteiger partial charge is 0.490 e. The van der Waals surface area contributed by atoms with E-state index >= 15 is 0 Å². The molecule has 0 bridgehead atoms. The number of aryl methyl sites for hydroxylation is 2. The molecule has 0 saturated carbocycles. The molecule has 1 aromatic carbocycles. The van der Waals surface area contributed by atoms with Crippen LogP contribution in [0, 0.1) is 13.8 Å². The molecule has 0 aliphatic carbocycles. The maximum absolute atomic E-state index is 5.77. The lowest BCUT2D eigenvalue weighted by atomic mass is 10.1. The Labute approximate surface area is 96.4 Å². The lowest BCUT2D eigenvalue weighted by Gasteiger charge is -2.16. The maximum Gasteiger partial charge on any atom is 0.122 e. The molecule has 0 spiro atoms. The number of thiocarbonyl (C=S) groups is 1. The van der Waals surface area contributed by atoms with Gasteiger partial charge in [-0.3, -0.25) is 0 Å². The summed E-state index contributed by atoms with van der Waals surface area (Å²) in [6.07, 6.45) is 0.644. The second-order valence-electron chi connectivity index (χ2n) is 3.87. The lowest BCUT2D eigenvalue weighted by Crippen LogP contribution is -2.21. The predicted molar refractivity (Wildman–Crippen MR) is 67.4 cm³/mol. The predicted octanol–water partition coefficient (Wildman–Crippen LogP) is 2.75. The van der Waals surface area contributed by atoms with Crippen LogP contribution in [-0.4, -0.2) is 11.1 Å². The van der Waals surface area contributed by atoms with Crippen LogP contribution in [0.2, 0.25) is 0 Å². The van der Waals surface area contributed by atoms with Crippen LogP contribution in [0.25, 0.3) is 0 Å². The summed E-state index contributed by atoms with van der Waals surface area (Å²) in [6, 6.07) is 6.16. The number of rotatable bonds is 4. The molecule has 0 aromatic heterocycles. The Bertz CT molecular complexity index is 363. The van der Waals surface area contributed by atoms with Gasteiger partial charge in [0.25, 0.3) is 0 Å². The highest BCUT2D eigenvalue weighted by Gasteiger charge is 2.07. The number of benzene rings is 1. The van der Waals surface area contributed by atoms with Crippen LogP contribution >= 0.6 is 12.2 Å². The summed E-state index contributed by atoms with van der Waals surface area (Å²) in [5.41, 5.74) is 7.79. The van der Waals surface area contributed by atoms with E-state index in [2.05, 4.69) is 12.1 Å². The fourth-order valence-corrected chi connectivity index (χ4v) is 1.61. The molecule has 0 radical (unpaired) electrons. The van der Waals surface area contributed by atoms with Gasteiger partial charge in [-0.15, -0.1) is 0 Å². The van der Waals surface area contributed by atoms with E-state index in [1.54, 1.807) is 0 Å². The van der Waals surface area contributed by atoms with E-state index in [4.69, 9.17) is 22.7 Å². The molecular weight excluding hydrogens is 206 g/mol. The van der Waals surface area contributed by atoms with Gasteiger partial charge in [0.15, 0.2) is 0 Å². The van der Waals surface area contributed by atoms with Gasteiger partial charge in [-0.25, -0.2) is 0 Å². The lowest BCUT2D eigenvalue weighted by molar-refractivity contribution is 0.228. The van der Waals surface area contributed by atoms with Crippen LogP contribution in [-0.2, 0) is 0 Å². The third-order valence-corrected chi connectivity index (χ3v) is 2.33. The molecule has 0 aliphatic rings. The van der Waals surface area contributed by atoms with Crippen LogP contribution in [0.1, 0.15) is 24.5 Å². The van der Waals surface area contributed by atoms with Crippen molar-refractivity contribution in [3.8, 4) is 5.75 Å². The average Bonchev–Trinajstić information content (AvgIpc) is 2.10. The normalized spacial score (nSPS) is 12.2. The number of nitrogens with two attached hydrogens (primary N) is 1. The van der Waals surface area contributed by atoms with Gasteiger partial charge in [0.2, 0.25) is 0 Å². The van der Waals surface area contributed by atoms with E-state index in [0.717, 1.165) is 11.3 Å². The highest BCUT2D eigenvalue weighted by Crippen LogP contribution is 2.20. The number of hydrogen-bond acceptors (Lipinski definition) is 2. The first-order valence-corrected chi connectivity index (χ1v) is 5.42. The number of hydrogen-bond donors (Lipinski definition) is 1. The third-order valence-electron chi connectivity index (χ3n) is 2.16. The molecule has 15 heavy (non-hydrogen) atoms. The molecule has 0 heterocycles. The van der Waals surface area contributed by atoms with Gasteiger partial charge in [0.05, 0.1) is 4.99 Å². The van der Waals surface area contributed by atoms with E-state index in [1.807, 2.05) is 26.8 Å². The first-order chi connectivity index (χ1) is 6.99. The molecule has 2 nitrogen and oxygen atoms in total. The van der Waals surface area contributed by atoms with E-state index in [0.29, 0.717) is 11.4 Å². The molecule has 3 heteroatoms. The van der Waals surface area contributed by atoms with Crippen LogP contribution in [0.15, 0.2) is 18.2 Å². The van der Waals surface area contributed by atoms with Gasteiger partial charge in [-0.2, -0.15) is 0 Å². The minimum atomic E-state index is 0.0306. The van der Waals surface area contributed by atoms with Crippen LogP contribution in [0.4, 0.5) is 0 Å². The molecule has 0 saturated heterocycles. The summed E-state index contributed by atoms with van der Waals surface area (Å²) < 4.78 is 5.77. The van der Waals surface area contributed by atoms with Crippen LogP contribution in [0.3, 0.4) is 0 Å². The van der Waals surface area contributed by atoms with Crippen molar-refractivity contribution in [2.45, 2.75) is 33.3 Å². The monoisotopic (exact) mass is 223 g/mol. The minimum absolute atomic E-state index is 0.0306. The Morgan fingerprint density at radius 3 is 2.73 bits per heavy atom. The molecule has 0 fully saturated rings. The minimum Gasteiger partial charge on any atom is -0.490 e. The quantitative estimate of drug-likeness (QED) is 0.797. The summed E-state index contributed by atoms with van der Waals surface area (Å²) >= 11 is 4.84. The first-order valence-electron chi connectivity index (χ1n) is 5.01. The summed E-state index contributed by atoms with van der Waals surface area (Å²) in [7, 11) is 0. The summed E-state index contributed by atoms with van der Waals surface area (Å²) in [5.74, 6) is 0.916. The van der Waals surface area contributed by atoms with Gasteiger partial charge in [0.1, 0.15) is 11.9 Å². The Morgan fingerprint density at radius 1 is 1.47 bits per heavy atom. The fraction of sp³-hybridized carbons (Fsp3) is 0.417. The molecule has 1 unspecified atom stereocenters. The Kier molecular flexibility index (Phi) is 4.09. The summed E-state index contributed by atoms with van der Waals surface area (Å²) in [6.45, 7) is 6.05. The van der Waals surface area contributed by atoms with Gasteiger partial charge in [0, 0.05) is 6.42 Å². The molecule has 1 rings (SSSR count). The molecular formula is C12H17NOS. The number of ether oxygens (including phenoxy) is 1. The Morgan fingerprint density at radius 2 is 2.13 bits per heavy atom. The van der Waals surface area contributed by atoms with Crippen LogP contribution < -0.4 is 10.5 Å². The highest BCUT2D eigenvalue weighted by molar-refractivity contribution is 7.80. The van der Waals surface area contributed by atoms with Crippen molar-refractivity contribution in [2.75, 3.05) is 0 Å². The van der Waals surface area contributed by atoms with Crippen molar-refractivity contribution in [1.29, 1.82) is 0 Å². The van der Waals surface area contributed by atoms with Crippen molar-refractivity contribution < 1.29 is 4.74 Å². The van der Waals surface area contributed by atoms with E-state index in [9.17, 15) is 0 Å². The molecule has 1 atom stereocenters.